The molecule has 1 aliphatic carbocycles. The Labute approximate surface area is 251 Å². The Kier molecular flexibility index (Phi) is 8.78. The predicted octanol–water partition coefficient (Wildman–Crippen LogP) is 4.37. The van der Waals surface area contributed by atoms with Crippen LogP contribution in [0, 0.1) is 5.82 Å². The molecule has 4 heterocycles. The van der Waals surface area contributed by atoms with Gasteiger partial charge in [0.15, 0.2) is 11.5 Å². The summed E-state index contributed by atoms with van der Waals surface area (Å²) in [7, 11) is 0. The van der Waals surface area contributed by atoms with Crippen LogP contribution in [0.1, 0.15) is 83.7 Å². The SMILES string of the molecule is NC(=O)c1ncc(N2CCCC(NC(=O)c3cncc(F)c3)C2)nc1Nc1ccc(C2CCN(C3CCCC3)CC2)cc1. The van der Waals surface area contributed by atoms with E-state index in [1.807, 2.05) is 17.0 Å². The van der Waals surface area contributed by atoms with Gasteiger partial charge in [0.05, 0.1) is 18.0 Å². The minimum Gasteiger partial charge on any atom is -0.364 e. The molecule has 1 unspecified atom stereocenters. The molecule has 2 aliphatic heterocycles. The van der Waals surface area contributed by atoms with Crippen LogP contribution in [-0.2, 0) is 0 Å². The third-order valence-corrected chi connectivity index (χ3v) is 9.06. The Bertz CT molecular complexity index is 1440. The summed E-state index contributed by atoms with van der Waals surface area (Å²) in [5, 5.41) is 6.22. The highest BCUT2D eigenvalue weighted by Gasteiger charge is 2.28. The number of anilines is 3. The maximum atomic E-state index is 13.5. The molecule has 43 heavy (non-hydrogen) atoms. The number of nitrogens with zero attached hydrogens (tertiary/aromatic N) is 5. The second-order valence-corrected chi connectivity index (χ2v) is 11.9. The molecule has 2 saturated heterocycles. The molecule has 0 bridgehead atoms. The number of hydrogen-bond acceptors (Lipinski definition) is 8. The summed E-state index contributed by atoms with van der Waals surface area (Å²) in [5.41, 5.74) is 8.01. The zero-order chi connectivity index (χ0) is 29.8. The standard InChI is InChI=1S/C32H39FN8O2/c33-24-16-23(17-35-18-24)32(43)38-26-4-3-13-41(20-26)28-19-36-29(30(34)42)31(39-28)37-25-9-7-21(8-10-25)22-11-14-40(15-12-22)27-5-1-2-6-27/h7-10,16-19,22,26-27H,1-6,11-15,20H2,(H2,34,42)(H,37,39)(H,38,43). The van der Waals surface area contributed by atoms with Crippen LogP contribution in [0.2, 0.25) is 0 Å². The highest BCUT2D eigenvalue weighted by molar-refractivity contribution is 5.96. The van der Waals surface area contributed by atoms with Crippen LogP contribution in [0.5, 0.6) is 0 Å². The number of likely N-dealkylation sites (tertiary alicyclic amines) is 1. The van der Waals surface area contributed by atoms with Gasteiger partial charge in [-0.3, -0.25) is 14.6 Å². The van der Waals surface area contributed by atoms with E-state index in [1.54, 1.807) is 0 Å². The predicted molar refractivity (Wildman–Crippen MR) is 163 cm³/mol. The molecule has 10 nitrogen and oxygen atoms in total. The number of amides is 2. The van der Waals surface area contributed by atoms with Gasteiger partial charge in [0.25, 0.3) is 11.8 Å². The van der Waals surface area contributed by atoms with E-state index in [0.29, 0.717) is 30.6 Å². The fraction of sp³-hybridized carbons (Fsp3) is 0.469. The van der Waals surface area contributed by atoms with Gasteiger partial charge < -0.3 is 26.2 Å². The van der Waals surface area contributed by atoms with Gasteiger partial charge in [-0.05, 0) is 81.3 Å². The Hall–Kier alpha value is -4.12. The summed E-state index contributed by atoms with van der Waals surface area (Å²) < 4.78 is 13.5. The van der Waals surface area contributed by atoms with E-state index >= 15 is 0 Å². The fourth-order valence-electron chi connectivity index (χ4n) is 6.75. The minimum atomic E-state index is -0.667. The first kappa shape index (κ1) is 29.0. The number of rotatable bonds is 8. The molecule has 6 rings (SSSR count). The topological polar surface area (TPSA) is 129 Å². The van der Waals surface area contributed by atoms with Gasteiger partial charge >= 0.3 is 0 Å². The number of halogens is 1. The zero-order valence-electron chi connectivity index (χ0n) is 24.3. The number of hydrogen-bond donors (Lipinski definition) is 3. The van der Waals surface area contributed by atoms with E-state index in [0.717, 1.165) is 30.8 Å². The first-order chi connectivity index (χ1) is 20.9. The van der Waals surface area contributed by atoms with Crippen LogP contribution < -0.4 is 21.3 Å². The highest BCUT2D eigenvalue weighted by atomic mass is 19.1. The van der Waals surface area contributed by atoms with Crippen molar-refractivity contribution in [3.63, 3.8) is 0 Å². The van der Waals surface area contributed by atoms with E-state index < -0.39 is 11.7 Å². The number of carbonyl (C=O) groups is 2. The van der Waals surface area contributed by atoms with Crippen LogP contribution in [0.4, 0.5) is 21.7 Å². The lowest BCUT2D eigenvalue weighted by atomic mass is 9.88. The summed E-state index contributed by atoms with van der Waals surface area (Å²) in [5.74, 6) is -0.180. The number of primary amides is 1. The minimum absolute atomic E-state index is 0.0626. The number of benzene rings is 1. The number of pyridine rings is 1. The summed E-state index contributed by atoms with van der Waals surface area (Å²) in [6.45, 7) is 3.55. The first-order valence-electron chi connectivity index (χ1n) is 15.4. The third-order valence-electron chi connectivity index (χ3n) is 9.06. The molecule has 4 N–H and O–H groups in total. The molecule has 2 amide bonds. The van der Waals surface area contributed by atoms with Crippen molar-refractivity contribution >= 4 is 29.1 Å². The summed E-state index contributed by atoms with van der Waals surface area (Å²) in [6, 6.07) is 10.1. The molecule has 226 valence electrons. The molecule has 3 aromatic rings. The number of aromatic nitrogens is 3. The van der Waals surface area contributed by atoms with Gasteiger partial charge in [-0.1, -0.05) is 25.0 Å². The Balaban J connectivity index is 1.10. The number of nitrogens with one attached hydrogen (secondary N) is 2. The monoisotopic (exact) mass is 586 g/mol. The van der Waals surface area contributed by atoms with Gasteiger partial charge in [-0.2, -0.15) is 0 Å². The van der Waals surface area contributed by atoms with Crippen molar-refractivity contribution in [1.82, 2.24) is 25.2 Å². The molecular weight excluding hydrogens is 547 g/mol. The normalized spacial score (nSPS) is 20.2. The molecular formula is C32H39FN8O2. The van der Waals surface area contributed by atoms with Gasteiger partial charge in [-0.25, -0.2) is 14.4 Å². The van der Waals surface area contributed by atoms with Crippen LogP contribution in [0.15, 0.2) is 48.9 Å². The largest absolute Gasteiger partial charge is 0.364 e. The average molecular weight is 587 g/mol. The van der Waals surface area contributed by atoms with E-state index in [9.17, 15) is 14.0 Å². The molecule has 1 aromatic carbocycles. The molecule has 1 atom stereocenters. The second-order valence-electron chi connectivity index (χ2n) is 11.9. The van der Waals surface area contributed by atoms with Crippen LogP contribution in [0.3, 0.4) is 0 Å². The van der Waals surface area contributed by atoms with Gasteiger partial charge in [0.1, 0.15) is 11.6 Å². The van der Waals surface area contributed by atoms with Crippen molar-refractivity contribution in [2.45, 2.75) is 69.4 Å². The van der Waals surface area contributed by atoms with Crippen molar-refractivity contribution in [2.75, 3.05) is 36.4 Å². The van der Waals surface area contributed by atoms with Crippen molar-refractivity contribution in [3.8, 4) is 0 Å². The number of carbonyl (C=O) groups excluding carboxylic acids is 2. The molecule has 0 radical (unpaired) electrons. The Morgan fingerprint density at radius 2 is 1.70 bits per heavy atom. The summed E-state index contributed by atoms with van der Waals surface area (Å²) in [4.78, 5) is 42.4. The van der Waals surface area contributed by atoms with Crippen molar-refractivity contribution in [2.24, 2.45) is 5.73 Å². The van der Waals surface area contributed by atoms with Gasteiger partial charge in [0.2, 0.25) is 0 Å². The quantitative estimate of drug-likeness (QED) is 0.355. The third kappa shape index (κ3) is 6.93. The summed E-state index contributed by atoms with van der Waals surface area (Å²) >= 11 is 0. The molecule has 11 heteroatoms. The first-order valence-corrected chi connectivity index (χ1v) is 15.4. The number of piperidine rings is 2. The lowest BCUT2D eigenvalue weighted by molar-refractivity contribution is 0.0931. The maximum absolute atomic E-state index is 13.5. The average Bonchev–Trinajstić information content (AvgIpc) is 3.57. The Morgan fingerprint density at radius 1 is 0.930 bits per heavy atom. The van der Waals surface area contributed by atoms with Crippen molar-refractivity contribution in [1.29, 1.82) is 0 Å². The number of nitrogens with two attached hydrogens (primary N) is 1. The van der Waals surface area contributed by atoms with Crippen molar-refractivity contribution in [3.05, 3.63) is 71.6 Å². The van der Waals surface area contributed by atoms with Crippen LogP contribution >= 0.6 is 0 Å². The lowest BCUT2D eigenvalue weighted by Crippen LogP contribution is -2.48. The van der Waals surface area contributed by atoms with Crippen molar-refractivity contribution < 1.29 is 14.0 Å². The summed E-state index contributed by atoms with van der Waals surface area (Å²) in [6.07, 6.45) is 13.3. The molecule has 3 fully saturated rings. The maximum Gasteiger partial charge on any atom is 0.271 e. The van der Waals surface area contributed by atoms with Crippen LogP contribution in [0.25, 0.3) is 0 Å². The highest BCUT2D eigenvalue weighted by Crippen LogP contribution is 2.33. The smallest absolute Gasteiger partial charge is 0.271 e. The second kappa shape index (κ2) is 13.0. The van der Waals surface area contributed by atoms with Gasteiger partial charge in [0, 0.05) is 37.1 Å². The molecule has 2 aromatic heterocycles. The molecule has 1 saturated carbocycles. The molecule has 0 spiro atoms. The van der Waals surface area contributed by atoms with E-state index in [-0.39, 0.29) is 23.2 Å². The fourth-order valence-corrected chi connectivity index (χ4v) is 6.75. The zero-order valence-corrected chi connectivity index (χ0v) is 24.3. The van der Waals surface area contributed by atoms with E-state index in [4.69, 9.17) is 10.7 Å². The van der Waals surface area contributed by atoms with E-state index in [1.165, 1.54) is 75.6 Å². The Morgan fingerprint density at radius 3 is 2.42 bits per heavy atom. The van der Waals surface area contributed by atoms with Crippen LogP contribution in [-0.4, -0.2) is 69.9 Å². The molecule has 3 aliphatic rings. The van der Waals surface area contributed by atoms with Gasteiger partial charge in [-0.15, -0.1) is 0 Å². The lowest BCUT2D eigenvalue weighted by Gasteiger charge is -2.36. The van der Waals surface area contributed by atoms with E-state index in [2.05, 4.69) is 37.6 Å².